The molecule has 0 saturated heterocycles. The lowest BCUT2D eigenvalue weighted by atomic mass is 10.1. The van der Waals surface area contributed by atoms with E-state index >= 15 is 0 Å². The van der Waals surface area contributed by atoms with E-state index in [1.807, 2.05) is 13.0 Å². The van der Waals surface area contributed by atoms with Crippen molar-refractivity contribution in [3.05, 3.63) is 21.3 Å². The fourth-order valence-electron chi connectivity index (χ4n) is 1.59. The van der Waals surface area contributed by atoms with Crippen molar-refractivity contribution < 1.29 is 5.11 Å². The zero-order valence-electron chi connectivity index (χ0n) is 9.87. The molecule has 2 nitrogen and oxygen atoms in total. The summed E-state index contributed by atoms with van der Waals surface area (Å²) in [5, 5.41) is 12.9. The lowest BCUT2D eigenvalue weighted by Gasteiger charge is -2.16. The number of rotatable bonds is 7. The van der Waals surface area contributed by atoms with Gasteiger partial charge in [0.15, 0.2) is 0 Å². The molecule has 0 amide bonds. The molecule has 2 atom stereocenters. The van der Waals surface area contributed by atoms with Crippen LogP contribution in [0.4, 0.5) is 0 Å². The van der Waals surface area contributed by atoms with Crippen LogP contribution in [0.2, 0.25) is 4.34 Å². The Morgan fingerprint density at radius 2 is 2.12 bits per heavy atom. The summed E-state index contributed by atoms with van der Waals surface area (Å²) in [5.41, 5.74) is 0. The van der Waals surface area contributed by atoms with Crippen molar-refractivity contribution in [2.75, 3.05) is 6.54 Å². The summed E-state index contributed by atoms with van der Waals surface area (Å²) in [6.07, 6.45) is 2.49. The second kappa shape index (κ2) is 7.28. The van der Waals surface area contributed by atoms with E-state index in [1.54, 1.807) is 11.3 Å². The summed E-state index contributed by atoms with van der Waals surface area (Å²) in [6, 6.07) is 4.37. The first-order valence-corrected chi connectivity index (χ1v) is 7.03. The highest BCUT2D eigenvalue weighted by Crippen LogP contribution is 2.28. The van der Waals surface area contributed by atoms with Gasteiger partial charge in [-0.1, -0.05) is 25.4 Å². The van der Waals surface area contributed by atoms with Crippen molar-refractivity contribution in [2.24, 2.45) is 0 Å². The molecule has 92 valence electrons. The van der Waals surface area contributed by atoms with Gasteiger partial charge in [-0.15, -0.1) is 11.3 Å². The number of aliphatic hydroxyl groups is 1. The maximum absolute atomic E-state index is 9.46. The normalized spacial score (nSPS) is 15.0. The number of aliphatic hydroxyl groups excluding tert-OH is 1. The van der Waals surface area contributed by atoms with Gasteiger partial charge in [0.2, 0.25) is 0 Å². The Balaban J connectivity index is 2.38. The minimum atomic E-state index is -0.183. The molecule has 2 N–H and O–H groups in total. The molecule has 1 aromatic heterocycles. The van der Waals surface area contributed by atoms with Crippen LogP contribution in [-0.2, 0) is 0 Å². The van der Waals surface area contributed by atoms with Crippen molar-refractivity contribution in [3.63, 3.8) is 0 Å². The van der Waals surface area contributed by atoms with Crippen molar-refractivity contribution in [2.45, 2.75) is 45.3 Å². The molecule has 0 aliphatic rings. The number of nitrogens with one attached hydrogen (secondary N) is 1. The van der Waals surface area contributed by atoms with Gasteiger partial charge in [-0.05, 0) is 37.9 Å². The highest BCUT2D eigenvalue weighted by Gasteiger charge is 2.11. The Bertz CT molecular complexity index is 303. The molecule has 4 heteroatoms. The Labute approximate surface area is 107 Å². The molecule has 0 spiro atoms. The molecule has 0 aliphatic heterocycles. The second-order valence-corrected chi connectivity index (χ2v) is 5.65. The van der Waals surface area contributed by atoms with Gasteiger partial charge in [0.1, 0.15) is 0 Å². The van der Waals surface area contributed by atoms with Crippen LogP contribution in [0.15, 0.2) is 12.1 Å². The number of hydrogen-bond donors (Lipinski definition) is 2. The summed E-state index contributed by atoms with van der Waals surface area (Å²) in [7, 11) is 0. The van der Waals surface area contributed by atoms with E-state index < -0.39 is 0 Å². The quantitative estimate of drug-likeness (QED) is 0.786. The molecular formula is C12H20ClNOS. The lowest BCUT2D eigenvalue weighted by Crippen LogP contribution is -2.24. The molecule has 0 aliphatic carbocycles. The van der Waals surface area contributed by atoms with E-state index in [4.69, 9.17) is 11.6 Å². The summed E-state index contributed by atoms with van der Waals surface area (Å²) in [5.74, 6) is 0. The van der Waals surface area contributed by atoms with Crippen LogP contribution in [-0.4, -0.2) is 17.8 Å². The Kier molecular flexibility index (Phi) is 6.36. The predicted octanol–water partition coefficient (Wildman–Crippen LogP) is 3.60. The SMILES string of the molecule is CCC(O)CCNC(CC)c1ccc(Cl)s1. The molecule has 1 aromatic rings. The van der Waals surface area contributed by atoms with Crippen molar-refractivity contribution in [1.29, 1.82) is 0 Å². The van der Waals surface area contributed by atoms with Crippen LogP contribution < -0.4 is 5.32 Å². The predicted molar refractivity (Wildman–Crippen MR) is 71.3 cm³/mol. The summed E-state index contributed by atoms with van der Waals surface area (Å²) < 4.78 is 0.837. The first kappa shape index (κ1) is 14.0. The first-order chi connectivity index (χ1) is 7.67. The zero-order valence-corrected chi connectivity index (χ0v) is 11.4. The summed E-state index contributed by atoms with van der Waals surface area (Å²) in [4.78, 5) is 1.28. The zero-order chi connectivity index (χ0) is 12.0. The molecule has 0 bridgehead atoms. The van der Waals surface area contributed by atoms with Crippen LogP contribution in [0, 0.1) is 0 Å². The molecule has 0 saturated carbocycles. The Hall–Kier alpha value is -0.0900. The van der Waals surface area contributed by atoms with Gasteiger partial charge < -0.3 is 10.4 Å². The van der Waals surface area contributed by atoms with Crippen LogP contribution in [0.3, 0.4) is 0 Å². The van der Waals surface area contributed by atoms with Gasteiger partial charge in [-0.25, -0.2) is 0 Å². The largest absolute Gasteiger partial charge is 0.393 e. The molecule has 1 rings (SSSR count). The number of halogens is 1. The van der Waals surface area contributed by atoms with E-state index in [2.05, 4.69) is 18.3 Å². The fraction of sp³-hybridized carbons (Fsp3) is 0.667. The van der Waals surface area contributed by atoms with Gasteiger partial charge in [0.05, 0.1) is 10.4 Å². The van der Waals surface area contributed by atoms with Crippen LogP contribution in [0.25, 0.3) is 0 Å². The third kappa shape index (κ3) is 4.42. The van der Waals surface area contributed by atoms with E-state index in [9.17, 15) is 5.11 Å². The maximum Gasteiger partial charge on any atom is 0.0931 e. The summed E-state index contributed by atoms with van der Waals surface area (Å²) >= 11 is 7.54. The third-order valence-electron chi connectivity index (χ3n) is 2.69. The minimum absolute atomic E-state index is 0.183. The Morgan fingerprint density at radius 1 is 1.38 bits per heavy atom. The highest BCUT2D eigenvalue weighted by atomic mass is 35.5. The summed E-state index contributed by atoms with van der Waals surface area (Å²) in [6.45, 7) is 5.01. The standard InChI is InChI=1S/C12H20ClNOS/c1-3-9(15)7-8-14-10(4-2)11-5-6-12(13)16-11/h5-6,9-10,14-15H,3-4,7-8H2,1-2H3. The topological polar surface area (TPSA) is 32.3 Å². The van der Waals surface area contributed by atoms with Crippen LogP contribution >= 0.6 is 22.9 Å². The van der Waals surface area contributed by atoms with E-state index in [-0.39, 0.29) is 6.10 Å². The number of hydrogen-bond acceptors (Lipinski definition) is 3. The van der Waals surface area contributed by atoms with Gasteiger partial charge in [0.25, 0.3) is 0 Å². The van der Waals surface area contributed by atoms with Crippen molar-refractivity contribution in [3.8, 4) is 0 Å². The van der Waals surface area contributed by atoms with Crippen molar-refractivity contribution in [1.82, 2.24) is 5.32 Å². The van der Waals surface area contributed by atoms with Crippen LogP contribution in [0.1, 0.15) is 44.0 Å². The van der Waals surface area contributed by atoms with Gasteiger partial charge in [-0.2, -0.15) is 0 Å². The molecule has 0 radical (unpaired) electrons. The average molecular weight is 262 g/mol. The molecular weight excluding hydrogens is 242 g/mol. The van der Waals surface area contributed by atoms with E-state index in [0.717, 1.165) is 30.1 Å². The van der Waals surface area contributed by atoms with E-state index in [1.165, 1.54) is 4.88 Å². The maximum atomic E-state index is 9.46. The minimum Gasteiger partial charge on any atom is -0.393 e. The molecule has 0 aromatic carbocycles. The van der Waals surface area contributed by atoms with Crippen molar-refractivity contribution >= 4 is 22.9 Å². The molecule has 16 heavy (non-hydrogen) atoms. The van der Waals surface area contributed by atoms with Gasteiger partial charge >= 0.3 is 0 Å². The average Bonchev–Trinajstić information content (AvgIpc) is 2.70. The molecule has 1 heterocycles. The smallest absolute Gasteiger partial charge is 0.0931 e. The number of thiophene rings is 1. The molecule has 2 unspecified atom stereocenters. The van der Waals surface area contributed by atoms with Crippen LogP contribution in [0.5, 0.6) is 0 Å². The Morgan fingerprint density at radius 3 is 2.62 bits per heavy atom. The van der Waals surface area contributed by atoms with Gasteiger partial charge in [-0.3, -0.25) is 0 Å². The second-order valence-electron chi connectivity index (χ2n) is 3.91. The van der Waals surface area contributed by atoms with Gasteiger partial charge in [0, 0.05) is 10.9 Å². The molecule has 0 fully saturated rings. The van der Waals surface area contributed by atoms with E-state index in [0.29, 0.717) is 6.04 Å². The lowest BCUT2D eigenvalue weighted by molar-refractivity contribution is 0.158. The monoisotopic (exact) mass is 261 g/mol. The highest BCUT2D eigenvalue weighted by molar-refractivity contribution is 7.16. The third-order valence-corrected chi connectivity index (χ3v) is 4.03. The fourth-order valence-corrected chi connectivity index (χ4v) is 2.81. The first-order valence-electron chi connectivity index (χ1n) is 5.84.